The second-order valence-corrected chi connectivity index (χ2v) is 6.65. The molecule has 0 spiro atoms. The number of aromatic nitrogens is 4. The number of rotatable bonds is 3. The normalized spacial score (nSPS) is 14.5. The van der Waals surface area contributed by atoms with E-state index in [0.29, 0.717) is 10.8 Å². The molecule has 0 unspecified atom stereocenters. The minimum atomic E-state index is 0.620. The first kappa shape index (κ1) is 16.7. The first-order valence-electron chi connectivity index (χ1n) is 8.59. The van der Waals surface area contributed by atoms with Gasteiger partial charge in [-0.05, 0) is 43.3 Å². The Morgan fingerprint density at radius 3 is 2.31 bits per heavy atom. The Hall–Kier alpha value is -2.73. The molecule has 3 heterocycles. The van der Waals surface area contributed by atoms with Crippen LogP contribution in [0.3, 0.4) is 0 Å². The van der Waals surface area contributed by atoms with Crippen LogP contribution in [0.1, 0.15) is 5.69 Å². The lowest BCUT2D eigenvalue weighted by Gasteiger charge is -2.36. The zero-order valence-electron chi connectivity index (χ0n) is 14.5. The van der Waals surface area contributed by atoms with Gasteiger partial charge in [0.05, 0.1) is 0 Å². The van der Waals surface area contributed by atoms with Crippen LogP contribution in [-0.4, -0.2) is 46.3 Å². The quantitative estimate of drug-likeness (QED) is 0.709. The summed E-state index contributed by atoms with van der Waals surface area (Å²) in [4.78, 5) is 13.8. The highest BCUT2D eigenvalue weighted by molar-refractivity contribution is 6.30. The number of piperazine rings is 1. The predicted molar refractivity (Wildman–Crippen MR) is 104 cm³/mol. The fourth-order valence-corrected chi connectivity index (χ4v) is 3.21. The van der Waals surface area contributed by atoms with Gasteiger partial charge in [-0.25, -0.2) is 9.97 Å². The maximum absolute atomic E-state index is 5.97. The first-order valence-corrected chi connectivity index (χ1v) is 8.97. The number of hydrogen-bond donors (Lipinski definition) is 0. The molecule has 6 nitrogen and oxygen atoms in total. The van der Waals surface area contributed by atoms with Gasteiger partial charge < -0.3 is 9.80 Å². The molecule has 2 aromatic heterocycles. The third-order valence-electron chi connectivity index (χ3n) is 4.49. The molecule has 4 rings (SSSR count). The van der Waals surface area contributed by atoms with E-state index in [1.807, 2.05) is 55.6 Å². The van der Waals surface area contributed by atoms with Crippen molar-refractivity contribution in [2.24, 2.45) is 0 Å². The van der Waals surface area contributed by atoms with E-state index in [2.05, 4.69) is 25.0 Å². The van der Waals surface area contributed by atoms with E-state index < -0.39 is 0 Å². The summed E-state index contributed by atoms with van der Waals surface area (Å²) in [7, 11) is 0. The molecule has 1 fully saturated rings. The van der Waals surface area contributed by atoms with E-state index in [1.165, 1.54) is 0 Å². The molecule has 7 heteroatoms. The summed E-state index contributed by atoms with van der Waals surface area (Å²) in [5.41, 5.74) is 1.75. The molecular formula is C19H19ClN6. The molecule has 0 aliphatic carbocycles. The van der Waals surface area contributed by atoms with Crippen molar-refractivity contribution in [3.63, 3.8) is 0 Å². The van der Waals surface area contributed by atoms with Gasteiger partial charge in [0.15, 0.2) is 11.6 Å². The average Bonchev–Trinajstić information content (AvgIpc) is 2.70. The summed E-state index contributed by atoms with van der Waals surface area (Å²) in [6.45, 7) is 5.49. The number of hydrogen-bond acceptors (Lipinski definition) is 6. The van der Waals surface area contributed by atoms with Gasteiger partial charge in [-0.2, -0.15) is 0 Å². The number of aryl methyl sites for hydroxylation is 1. The molecule has 0 bridgehead atoms. The highest BCUT2D eigenvalue weighted by Crippen LogP contribution is 2.23. The maximum atomic E-state index is 5.97. The van der Waals surface area contributed by atoms with Crippen LogP contribution in [-0.2, 0) is 0 Å². The standard InChI is InChI=1S/C19H19ClN6/c1-14-19(22-18(24-23-14)15-5-7-16(20)8-6-15)26-12-10-25(11-13-26)17-4-2-3-9-21-17/h2-9H,10-13H2,1H3. The van der Waals surface area contributed by atoms with Gasteiger partial charge in [0, 0.05) is 43.0 Å². The molecule has 132 valence electrons. The largest absolute Gasteiger partial charge is 0.353 e. The van der Waals surface area contributed by atoms with E-state index >= 15 is 0 Å². The minimum Gasteiger partial charge on any atom is -0.353 e. The predicted octanol–water partition coefficient (Wildman–Crippen LogP) is 3.22. The number of halogens is 1. The molecule has 0 atom stereocenters. The van der Waals surface area contributed by atoms with Crippen LogP contribution in [0.2, 0.25) is 5.02 Å². The van der Waals surface area contributed by atoms with Crippen LogP contribution in [0.5, 0.6) is 0 Å². The van der Waals surface area contributed by atoms with Crippen LogP contribution >= 0.6 is 11.6 Å². The summed E-state index contributed by atoms with van der Waals surface area (Å²) in [6, 6.07) is 13.5. The average molecular weight is 367 g/mol. The fraction of sp³-hybridized carbons (Fsp3) is 0.263. The van der Waals surface area contributed by atoms with Crippen LogP contribution in [0.25, 0.3) is 11.4 Å². The van der Waals surface area contributed by atoms with Gasteiger partial charge in [0.25, 0.3) is 0 Å². The second-order valence-electron chi connectivity index (χ2n) is 6.21. The summed E-state index contributed by atoms with van der Waals surface area (Å²) >= 11 is 5.97. The van der Waals surface area contributed by atoms with Gasteiger partial charge in [0.1, 0.15) is 11.5 Å². The highest BCUT2D eigenvalue weighted by atomic mass is 35.5. The molecule has 1 aliphatic heterocycles. The molecule has 1 aromatic carbocycles. The van der Waals surface area contributed by atoms with E-state index in [-0.39, 0.29) is 0 Å². The van der Waals surface area contributed by atoms with E-state index in [0.717, 1.165) is 49.1 Å². The van der Waals surface area contributed by atoms with Gasteiger partial charge >= 0.3 is 0 Å². The van der Waals surface area contributed by atoms with Gasteiger partial charge in [-0.3, -0.25) is 0 Å². The van der Waals surface area contributed by atoms with Crippen molar-refractivity contribution >= 4 is 23.2 Å². The van der Waals surface area contributed by atoms with Crippen molar-refractivity contribution in [1.29, 1.82) is 0 Å². The topological polar surface area (TPSA) is 58.0 Å². The Morgan fingerprint density at radius 2 is 1.62 bits per heavy atom. The molecule has 0 saturated carbocycles. The van der Waals surface area contributed by atoms with Crippen molar-refractivity contribution < 1.29 is 0 Å². The van der Waals surface area contributed by atoms with E-state index in [9.17, 15) is 0 Å². The Bertz CT molecular complexity index is 876. The van der Waals surface area contributed by atoms with Crippen molar-refractivity contribution in [3.8, 4) is 11.4 Å². The number of anilines is 2. The Morgan fingerprint density at radius 1 is 0.885 bits per heavy atom. The Kier molecular flexibility index (Phi) is 4.67. The molecule has 1 saturated heterocycles. The molecule has 26 heavy (non-hydrogen) atoms. The zero-order valence-corrected chi connectivity index (χ0v) is 15.3. The summed E-state index contributed by atoms with van der Waals surface area (Å²) in [6.07, 6.45) is 1.83. The number of pyridine rings is 1. The van der Waals surface area contributed by atoms with Crippen molar-refractivity contribution in [3.05, 3.63) is 59.4 Å². The number of benzene rings is 1. The Labute approximate surface area is 157 Å². The van der Waals surface area contributed by atoms with Crippen molar-refractivity contribution in [2.75, 3.05) is 36.0 Å². The lowest BCUT2D eigenvalue weighted by Crippen LogP contribution is -2.47. The molecule has 1 aliphatic rings. The monoisotopic (exact) mass is 366 g/mol. The molecule has 0 amide bonds. The zero-order chi connectivity index (χ0) is 17.9. The van der Waals surface area contributed by atoms with Crippen molar-refractivity contribution in [2.45, 2.75) is 6.92 Å². The van der Waals surface area contributed by atoms with Gasteiger partial charge in [-0.15, -0.1) is 10.2 Å². The second kappa shape index (κ2) is 7.25. The molecule has 0 radical (unpaired) electrons. The third-order valence-corrected chi connectivity index (χ3v) is 4.74. The lowest BCUT2D eigenvalue weighted by atomic mass is 10.2. The maximum Gasteiger partial charge on any atom is 0.183 e. The van der Waals surface area contributed by atoms with Crippen molar-refractivity contribution in [1.82, 2.24) is 20.2 Å². The van der Waals surface area contributed by atoms with Gasteiger partial charge in [-0.1, -0.05) is 17.7 Å². The minimum absolute atomic E-state index is 0.620. The molecule has 0 N–H and O–H groups in total. The SMILES string of the molecule is Cc1nnc(-c2ccc(Cl)cc2)nc1N1CCN(c2ccccn2)CC1. The molecular weight excluding hydrogens is 348 g/mol. The molecule has 3 aromatic rings. The van der Waals surface area contributed by atoms with E-state index in [4.69, 9.17) is 16.6 Å². The highest BCUT2D eigenvalue weighted by Gasteiger charge is 2.21. The third kappa shape index (κ3) is 3.46. The fourth-order valence-electron chi connectivity index (χ4n) is 3.08. The summed E-state index contributed by atoms with van der Waals surface area (Å²) in [5.74, 6) is 2.53. The number of nitrogens with zero attached hydrogens (tertiary/aromatic N) is 6. The first-order chi connectivity index (χ1) is 12.7. The summed E-state index contributed by atoms with van der Waals surface area (Å²) in [5, 5.41) is 9.26. The van der Waals surface area contributed by atoms with Crippen LogP contribution < -0.4 is 9.80 Å². The van der Waals surface area contributed by atoms with E-state index in [1.54, 1.807) is 0 Å². The Balaban J connectivity index is 1.53. The van der Waals surface area contributed by atoms with Crippen LogP contribution in [0.15, 0.2) is 48.7 Å². The smallest absolute Gasteiger partial charge is 0.183 e. The van der Waals surface area contributed by atoms with Gasteiger partial charge in [0.2, 0.25) is 0 Å². The van der Waals surface area contributed by atoms with Crippen LogP contribution in [0.4, 0.5) is 11.6 Å². The lowest BCUT2D eigenvalue weighted by molar-refractivity contribution is 0.637. The summed E-state index contributed by atoms with van der Waals surface area (Å²) < 4.78 is 0. The van der Waals surface area contributed by atoms with Crippen LogP contribution in [0, 0.1) is 6.92 Å².